The molecule has 4 aromatic heterocycles. The Morgan fingerprint density at radius 2 is 0.727 bits per heavy atom. The van der Waals surface area contributed by atoms with Gasteiger partial charge in [0.05, 0.1) is 44.8 Å². The molecule has 4 heterocycles. The lowest BCUT2D eigenvalue weighted by molar-refractivity contribution is 1.16. The summed E-state index contributed by atoms with van der Waals surface area (Å²) in [5.74, 6) is 0. The molecule has 0 aliphatic carbocycles. The normalized spacial score (nSPS) is 11.6. The van der Waals surface area contributed by atoms with E-state index in [2.05, 4.69) is 243 Å². The topological polar surface area (TPSA) is 35.6 Å². The lowest BCUT2D eigenvalue weighted by Gasteiger charge is -2.16. The van der Waals surface area contributed by atoms with Crippen LogP contribution in [0.4, 0.5) is 0 Å². The van der Waals surface area contributed by atoms with E-state index in [0.717, 1.165) is 62.0 Å². The van der Waals surface area contributed by atoms with Crippen LogP contribution in [0.15, 0.2) is 206 Å². The predicted octanol–water partition coefficient (Wildman–Crippen LogP) is 16.2. The Morgan fingerprint density at radius 1 is 0.288 bits per heavy atom. The van der Waals surface area contributed by atoms with Crippen LogP contribution in [0.25, 0.3) is 111 Å². The third kappa shape index (κ3) is 6.52. The van der Waals surface area contributed by atoms with Gasteiger partial charge in [-0.05, 0) is 145 Å². The van der Waals surface area contributed by atoms with Crippen molar-refractivity contribution in [2.24, 2.45) is 0 Å². The van der Waals surface area contributed by atoms with Crippen LogP contribution in [0.5, 0.6) is 0 Å². The summed E-state index contributed by atoms with van der Waals surface area (Å²) in [7, 11) is 0. The number of para-hydroxylation sites is 2. The van der Waals surface area contributed by atoms with Crippen LogP contribution >= 0.6 is 0 Å². The van der Waals surface area contributed by atoms with Crippen molar-refractivity contribution < 1.29 is 0 Å². The third-order valence-corrected chi connectivity index (χ3v) is 13.5. The summed E-state index contributed by atoms with van der Waals surface area (Å²) < 4.78 is 4.78. The maximum absolute atomic E-state index is 5.44. The number of nitrogens with zero attached hydrogens (tertiary/aromatic N) is 4. The van der Waals surface area contributed by atoms with E-state index in [4.69, 9.17) is 9.97 Å². The molecule has 12 aromatic rings. The quantitative estimate of drug-likeness (QED) is 0.160. The highest BCUT2D eigenvalue weighted by molar-refractivity contribution is 6.11. The van der Waals surface area contributed by atoms with Gasteiger partial charge in [-0.15, -0.1) is 0 Å². The van der Waals surface area contributed by atoms with Crippen LogP contribution in [0.2, 0.25) is 0 Å². The first-order valence-electron chi connectivity index (χ1n) is 22.7. The van der Waals surface area contributed by atoms with Crippen molar-refractivity contribution in [3.05, 3.63) is 229 Å². The molecule has 0 radical (unpaired) electrons. The number of pyridine rings is 2. The van der Waals surface area contributed by atoms with Crippen LogP contribution < -0.4 is 0 Å². The second kappa shape index (κ2) is 15.7. The van der Waals surface area contributed by atoms with Crippen molar-refractivity contribution in [2.45, 2.75) is 27.7 Å². The molecule has 0 saturated carbocycles. The minimum absolute atomic E-state index is 0.899. The van der Waals surface area contributed by atoms with E-state index in [0.29, 0.717) is 0 Å². The Kier molecular flexibility index (Phi) is 9.35. The Hall–Kier alpha value is -8.34. The van der Waals surface area contributed by atoms with Gasteiger partial charge in [-0.25, -0.2) is 9.97 Å². The fraction of sp³-hybridized carbons (Fsp3) is 0.0645. The van der Waals surface area contributed by atoms with Crippen molar-refractivity contribution in [3.8, 4) is 67.5 Å². The molecule has 0 aliphatic rings. The first-order chi connectivity index (χ1) is 32.4. The van der Waals surface area contributed by atoms with Crippen molar-refractivity contribution in [2.75, 3.05) is 0 Å². The van der Waals surface area contributed by atoms with Crippen LogP contribution in [-0.2, 0) is 0 Å². The molecule has 0 aliphatic heterocycles. The average Bonchev–Trinajstić information content (AvgIpc) is 3.87. The number of aryl methyl sites for hydroxylation is 4. The van der Waals surface area contributed by atoms with Crippen LogP contribution in [-0.4, -0.2) is 19.1 Å². The average molecular weight is 847 g/mol. The number of benzene rings is 8. The SMILES string of the molecule is Cc1cc(-n2c3ccccc3c3cc(-c4ccccc4)ccc32)ccc1-c1ccc(C)c(-c2nc(-c3cc(-n4c5ccccc5c5cc(-c6ccccc6)ccc54)ccc3C)ccc2C)n1. The summed E-state index contributed by atoms with van der Waals surface area (Å²) in [6.45, 7) is 8.65. The van der Waals surface area contributed by atoms with Crippen molar-refractivity contribution in [1.29, 1.82) is 0 Å². The summed E-state index contributed by atoms with van der Waals surface area (Å²) in [6.07, 6.45) is 0. The molecule has 8 aromatic carbocycles. The Bertz CT molecular complexity index is 3850. The number of hydrogen-bond donors (Lipinski definition) is 0. The summed E-state index contributed by atoms with van der Waals surface area (Å²) in [6, 6.07) is 74.6. The van der Waals surface area contributed by atoms with Gasteiger partial charge in [0.15, 0.2) is 0 Å². The van der Waals surface area contributed by atoms with E-state index in [1.807, 2.05) is 0 Å². The second-order valence-electron chi connectivity index (χ2n) is 17.6. The Morgan fingerprint density at radius 3 is 1.26 bits per heavy atom. The second-order valence-corrected chi connectivity index (χ2v) is 17.6. The van der Waals surface area contributed by atoms with E-state index in [9.17, 15) is 0 Å². The molecule has 314 valence electrons. The van der Waals surface area contributed by atoms with E-state index in [-0.39, 0.29) is 0 Å². The zero-order chi connectivity index (χ0) is 44.5. The van der Waals surface area contributed by atoms with Gasteiger partial charge < -0.3 is 9.13 Å². The first kappa shape index (κ1) is 39.3. The van der Waals surface area contributed by atoms with E-state index in [1.54, 1.807) is 0 Å². The standard InChI is InChI=1S/C62H46N4/c1-39-23-28-48(66-58-22-14-12-20-51(58)54-37-46(27-34-60(54)66)44-17-9-6-10-18-44)38-52(39)56-32-25-41(3)62(64-56)61-40(2)24-31-55(63-61)49-30-29-47(35-42(49)4)65-57-21-13-11-19-50(57)53-36-45(26-33-59(53)65)43-15-7-5-8-16-43/h5-38H,1-4H3. The van der Waals surface area contributed by atoms with E-state index >= 15 is 0 Å². The first-order valence-corrected chi connectivity index (χ1v) is 22.7. The highest BCUT2D eigenvalue weighted by Crippen LogP contribution is 2.39. The maximum atomic E-state index is 5.44. The highest BCUT2D eigenvalue weighted by atomic mass is 15.0. The van der Waals surface area contributed by atoms with Crippen LogP contribution in [0.1, 0.15) is 22.3 Å². The molecule has 0 N–H and O–H groups in total. The monoisotopic (exact) mass is 846 g/mol. The molecule has 66 heavy (non-hydrogen) atoms. The Labute approximate surface area is 384 Å². The third-order valence-electron chi connectivity index (χ3n) is 13.5. The van der Waals surface area contributed by atoms with Gasteiger partial charge in [-0.2, -0.15) is 0 Å². The molecule has 0 saturated heterocycles. The summed E-state index contributed by atoms with van der Waals surface area (Å²) in [4.78, 5) is 10.8. The van der Waals surface area contributed by atoms with Crippen molar-refractivity contribution >= 4 is 43.6 Å². The summed E-state index contributed by atoms with van der Waals surface area (Å²) >= 11 is 0. The lowest BCUT2D eigenvalue weighted by atomic mass is 9.99. The molecular weight excluding hydrogens is 801 g/mol. The number of hydrogen-bond acceptors (Lipinski definition) is 2. The van der Waals surface area contributed by atoms with E-state index in [1.165, 1.54) is 71.4 Å². The van der Waals surface area contributed by atoms with E-state index < -0.39 is 0 Å². The van der Waals surface area contributed by atoms with Crippen LogP contribution in [0, 0.1) is 27.7 Å². The molecule has 0 fully saturated rings. The number of fused-ring (bicyclic) bond motifs is 6. The molecule has 0 atom stereocenters. The zero-order valence-corrected chi connectivity index (χ0v) is 37.4. The molecule has 0 unspecified atom stereocenters. The maximum Gasteiger partial charge on any atom is 0.0925 e. The molecule has 0 spiro atoms. The van der Waals surface area contributed by atoms with Gasteiger partial charge in [0.1, 0.15) is 0 Å². The van der Waals surface area contributed by atoms with Crippen LogP contribution in [0.3, 0.4) is 0 Å². The number of aromatic nitrogens is 4. The molecule has 12 rings (SSSR count). The molecule has 4 heteroatoms. The fourth-order valence-corrected chi connectivity index (χ4v) is 10.1. The van der Waals surface area contributed by atoms with Crippen molar-refractivity contribution in [1.82, 2.24) is 19.1 Å². The largest absolute Gasteiger partial charge is 0.309 e. The lowest BCUT2D eigenvalue weighted by Crippen LogP contribution is -2.00. The van der Waals surface area contributed by atoms with Gasteiger partial charge in [0.2, 0.25) is 0 Å². The smallest absolute Gasteiger partial charge is 0.0925 e. The van der Waals surface area contributed by atoms with Crippen molar-refractivity contribution in [3.63, 3.8) is 0 Å². The number of rotatable bonds is 7. The van der Waals surface area contributed by atoms with Gasteiger partial charge in [-0.3, -0.25) is 0 Å². The molecule has 4 nitrogen and oxygen atoms in total. The molecule has 0 bridgehead atoms. The minimum Gasteiger partial charge on any atom is -0.309 e. The molecule has 0 amide bonds. The molecular formula is C62H46N4. The Balaban J connectivity index is 0.914. The van der Waals surface area contributed by atoms with Gasteiger partial charge in [-0.1, -0.05) is 133 Å². The van der Waals surface area contributed by atoms with Gasteiger partial charge >= 0.3 is 0 Å². The minimum atomic E-state index is 0.899. The zero-order valence-electron chi connectivity index (χ0n) is 37.4. The van der Waals surface area contributed by atoms with Gasteiger partial charge in [0.25, 0.3) is 0 Å². The highest BCUT2D eigenvalue weighted by Gasteiger charge is 2.19. The summed E-state index contributed by atoms with van der Waals surface area (Å²) in [5.41, 5.74) is 22.2. The predicted molar refractivity (Wildman–Crippen MR) is 277 cm³/mol. The fourth-order valence-electron chi connectivity index (χ4n) is 10.1. The van der Waals surface area contributed by atoms with Gasteiger partial charge in [0, 0.05) is 44.0 Å². The summed E-state index contributed by atoms with van der Waals surface area (Å²) in [5, 5.41) is 4.96.